The van der Waals surface area contributed by atoms with Gasteiger partial charge in [-0.05, 0) is 30.7 Å². The molecule has 3 aromatic carbocycles. The third-order valence-electron chi connectivity index (χ3n) is 3.91. The highest BCUT2D eigenvalue weighted by Crippen LogP contribution is 2.23. The van der Waals surface area contributed by atoms with E-state index in [0.717, 1.165) is 22.5 Å². The summed E-state index contributed by atoms with van der Waals surface area (Å²) in [6.07, 6.45) is 0. The monoisotopic (exact) mass is 328 g/mol. The van der Waals surface area contributed by atoms with E-state index < -0.39 is 0 Å². The first-order chi connectivity index (χ1) is 12.2. The van der Waals surface area contributed by atoms with Gasteiger partial charge in [0, 0.05) is 12.5 Å². The summed E-state index contributed by atoms with van der Waals surface area (Å²) in [4.78, 5) is 19.0. The van der Waals surface area contributed by atoms with Crippen LogP contribution in [0.5, 0.6) is 0 Å². The summed E-state index contributed by atoms with van der Waals surface area (Å²) >= 11 is 0. The molecule has 0 atom stereocenters. The largest absolute Gasteiger partial charge is 0.274 e. The maximum atomic E-state index is 12.5. The van der Waals surface area contributed by atoms with E-state index in [2.05, 4.69) is 0 Å². The summed E-state index contributed by atoms with van der Waals surface area (Å²) < 4.78 is 0. The zero-order valence-electron chi connectivity index (χ0n) is 14.4. The molecule has 0 aromatic heterocycles. The Bertz CT molecular complexity index is 886. The standard InChI is InChI=1S/C22H20N2O/c1-17-11-9-10-16-21(17)23-22(19-12-5-3-6-13-19)24(18(2)25)20-14-7-4-8-15-20/h3-16H,1-2H3. The van der Waals surface area contributed by atoms with Crippen molar-refractivity contribution >= 4 is 23.1 Å². The van der Waals surface area contributed by atoms with E-state index in [1.807, 2.05) is 91.9 Å². The van der Waals surface area contributed by atoms with E-state index >= 15 is 0 Å². The van der Waals surface area contributed by atoms with E-state index in [0.29, 0.717) is 5.84 Å². The number of hydrogen-bond donors (Lipinski definition) is 0. The van der Waals surface area contributed by atoms with Crippen LogP contribution in [0.1, 0.15) is 18.1 Å². The molecule has 3 rings (SSSR count). The number of amidine groups is 1. The number of anilines is 1. The van der Waals surface area contributed by atoms with Crippen LogP contribution in [-0.2, 0) is 4.79 Å². The third kappa shape index (κ3) is 3.83. The van der Waals surface area contributed by atoms with Crippen LogP contribution in [-0.4, -0.2) is 11.7 Å². The van der Waals surface area contributed by atoms with Crippen LogP contribution in [0.3, 0.4) is 0 Å². The molecule has 0 bridgehead atoms. The second-order valence-electron chi connectivity index (χ2n) is 5.78. The van der Waals surface area contributed by atoms with Crippen LogP contribution in [0.25, 0.3) is 0 Å². The van der Waals surface area contributed by atoms with Crippen molar-refractivity contribution in [3.05, 3.63) is 96.1 Å². The Labute approximate surface area is 148 Å². The zero-order valence-corrected chi connectivity index (χ0v) is 14.4. The van der Waals surface area contributed by atoms with Gasteiger partial charge in [0.15, 0.2) is 0 Å². The number of aryl methyl sites for hydroxylation is 1. The van der Waals surface area contributed by atoms with Crippen molar-refractivity contribution in [3.63, 3.8) is 0 Å². The SMILES string of the molecule is CC(=O)N(C(=Nc1ccccc1C)c1ccccc1)c1ccccc1. The number of amides is 1. The fraction of sp³-hybridized carbons (Fsp3) is 0.0909. The predicted molar refractivity (Wildman–Crippen MR) is 103 cm³/mol. The number of rotatable bonds is 3. The molecule has 0 radical (unpaired) electrons. The number of hydrogen-bond acceptors (Lipinski definition) is 2. The molecule has 3 nitrogen and oxygen atoms in total. The van der Waals surface area contributed by atoms with Crippen molar-refractivity contribution in [1.29, 1.82) is 0 Å². The highest BCUT2D eigenvalue weighted by atomic mass is 16.2. The maximum absolute atomic E-state index is 12.5. The lowest BCUT2D eigenvalue weighted by molar-refractivity contribution is -0.115. The molecular weight excluding hydrogens is 308 g/mol. The Balaban J connectivity index is 2.20. The third-order valence-corrected chi connectivity index (χ3v) is 3.91. The quantitative estimate of drug-likeness (QED) is 0.485. The van der Waals surface area contributed by atoms with Crippen molar-refractivity contribution in [2.24, 2.45) is 4.99 Å². The normalized spacial score (nSPS) is 11.2. The lowest BCUT2D eigenvalue weighted by Crippen LogP contribution is -2.35. The number of benzene rings is 3. The number of carbonyl (C=O) groups excluding carboxylic acids is 1. The minimum Gasteiger partial charge on any atom is -0.274 e. The molecule has 0 aliphatic heterocycles. The molecule has 0 saturated heterocycles. The number of aliphatic imine (C=N–C) groups is 1. The van der Waals surface area contributed by atoms with E-state index in [1.165, 1.54) is 0 Å². The van der Waals surface area contributed by atoms with Crippen LogP contribution in [0.4, 0.5) is 11.4 Å². The molecule has 25 heavy (non-hydrogen) atoms. The first-order valence-corrected chi connectivity index (χ1v) is 8.22. The fourth-order valence-corrected chi connectivity index (χ4v) is 2.66. The summed E-state index contributed by atoms with van der Waals surface area (Å²) in [7, 11) is 0. The Morgan fingerprint density at radius 3 is 1.96 bits per heavy atom. The van der Waals surface area contributed by atoms with Gasteiger partial charge in [-0.3, -0.25) is 9.69 Å². The summed E-state index contributed by atoms with van der Waals surface area (Å²) in [6, 6.07) is 27.3. The Morgan fingerprint density at radius 2 is 1.36 bits per heavy atom. The maximum Gasteiger partial charge on any atom is 0.229 e. The molecule has 0 N–H and O–H groups in total. The average molecular weight is 328 g/mol. The van der Waals surface area contributed by atoms with E-state index in [9.17, 15) is 4.79 Å². The summed E-state index contributed by atoms with van der Waals surface area (Å²) in [6.45, 7) is 3.57. The highest BCUT2D eigenvalue weighted by Gasteiger charge is 2.20. The van der Waals surface area contributed by atoms with Crippen LogP contribution >= 0.6 is 0 Å². The van der Waals surface area contributed by atoms with Crippen LogP contribution in [0.15, 0.2) is 89.9 Å². The molecule has 3 aromatic rings. The number of nitrogens with zero attached hydrogens (tertiary/aromatic N) is 2. The molecule has 0 unspecified atom stereocenters. The van der Waals surface area contributed by atoms with Gasteiger partial charge in [0.05, 0.1) is 11.4 Å². The van der Waals surface area contributed by atoms with Gasteiger partial charge in [-0.15, -0.1) is 0 Å². The summed E-state index contributed by atoms with van der Waals surface area (Å²) in [5.41, 5.74) is 3.60. The predicted octanol–water partition coefficient (Wildman–Crippen LogP) is 5.13. The molecule has 0 aliphatic carbocycles. The minimum absolute atomic E-state index is 0.0811. The van der Waals surface area contributed by atoms with Crippen molar-refractivity contribution in [2.75, 3.05) is 4.90 Å². The Kier molecular flexibility index (Phi) is 5.05. The molecule has 0 heterocycles. The van der Waals surface area contributed by atoms with Crippen LogP contribution in [0, 0.1) is 6.92 Å². The Morgan fingerprint density at radius 1 is 0.800 bits per heavy atom. The van der Waals surface area contributed by atoms with Crippen LogP contribution in [0.2, 0.25) is 0 Å². The van der Waals surface area contributed by atoms with E-state index in [4.69, 9.17) is 4.99 Å². The Hall–Kier alpha value is -3.20. The first kappa shape index (κ1) is 16.7. The molecule has 0 saturated carbocycles. The van der Waals surface area contributed by atoms with Crippen LogP contribution < -0.4 is 4.90 Å². The van der Waals surface area contributed by atoms with Crippen molar-refractivity contribution in [2.45, 2.75) is 13.8 Å². The average Bonchev–Trinajstić information content (AvgIpc) is 2.64. The molecule has 0 spiro atoms. The smallest absolute Gasteiger partial charge is 0.229 e. The van der Waals surface area contributed by atoms with Gasteiger partial charge < -0.3 is 0 Å². The fourth-order valence-electron chi connectivity index (χ4n) is 2.66. The van der Waals surface area contributed by atoms with Gasteiger partial charge in [0.25, 0.3) is 0 Å². The number of carbonyl (C=O) groups is 1. The lowest BCUT2D eigenvalue weighted by Gasteiger charge is -2.23. The minimum atomic E-state index is -0.0811. The number of para-hydroxylation sites is 2. The van der Waals surface area contributed by atoms with E-state index in [1.54, 1.807) is 11.8 Å². The van der Waals surface area contributed by atoms with E-state index in [-0.39, 0.29) is 5.91 Å². The van der Waals surface area contributed by atoms with Crippen molar-refractivity contribution in [1.82, 2.24) is 0 Å². The van der Waals surface area contributed by atoms with Gasteiger partial charge in [0.2, 0.25) is 5.91 Å². The zero-order chi connectivity index (χ0) is 17.6. The van der Waals surface area contributed by atoms with Crippen molar-refractivity contribution < 1.29 is 4.79 Å². The summed E-state index contributed by atoms with van der Waals surface area (Å²) in [5.74, 6) is 0.538. The van der Waals surface area contributed by atoms with Gasteiger partial charge in [-0.25, -0.2) is 4.99 Å². The summed E-state index contributed by atoms with van der Waals surface area (Å²) in [5, 5.41) is 0. The molecule has 0 aliphatic rings. The second kappa shape index (κ2) is 7.58. The molecule has 3 heteroatoms. The second-order valence-corrected chi connectivity index (χ2v) is 5.78. The molecule has 0 fully saturated rings. The topological polar surface area (TPSA) is 32.7 Å². The first-order valence-electron chi connectivity index (χ1n) is 8.22. The van der Waals surface area contributed by atoms with Crippen molar-refractivity contribution in [3.8, 4) is 0 Å². The molecular formula is C22H20N2O. The van der Waals surface area contributed by atoms with Gasteiger partial charge in [0.1, 0.15) is 5.84 Å². The van der Waals surface area contributed by atoms with Gasteiger partial charge >= 0.3 is 0 Å². The molecule has 124 valence electrons. The molecule has 1 amide bonds. The van der Waals surface area contributed by atoms with Gasteiger partial charge in [-0.1, -0.05) is 66.7 Å². The highest BCUT2D eigenvalue weighted by molar-refractivity contribution is 6.23. The van der Waals surface area contributed by atoms with Gasteiger partial charge in [-0.2, -0.15) is 0 Å². The lowest BCUT2D eigenvalue weighted by atomic mass is 10.1.